The van der Waals surface area contributed by atoms with Crippen LogP contribution in [0.4, 0.5) is 0 Å². The summed E-state index contributed by atoms with van der Waals surface area (Å²) in [6, 6.07) is 10.9. The summed E-state index contributed by atoms with van der Waals surface area (Å²) >= 11 is 0. The Morgan fingerprint density at radius 3 is 2.38 bits per heavy atom. The number of rotatable bonds is 4. The van der Waals surface area contributed by atoms with E-state index in [2.05, 4.69) is 36.9 Å². The minimum atomic E-state index is 0.222. The van der Waals surface area contributed by atoms with Gasteiger partial charge >= 0.3 is 0 Å². The van der Waals surface area contributed by atoms with Gasteiger partial charge in [-0.2, -0.15) is 0 Å². The summed E-state index contributed by atoms with van der Waals surface area (Å²) in [5, 5.41) is 0. The highest BCUT2D eigenvalue weighted by molar-refractivity contribution is 5.19. The van der Waals surface area contributed by atoms with E-state index in [0.717, 1.165) is 25.6 Å². The zero-order chi connectivity index (χ0) is 14.5. The lowest BCUT2D eigenvalue weighted by atomic mass is 9.76. The van der Waals surface area contributed by atoms with Crippen LogP contribution in [0.5, 0.6) is 0 Å². The topological polar surface area (TPSA) is 18.5 Å². The Morgan fingerprint density at radius 2 is 1.76 bits per heavy atom. The average Bonchev–Trinajstić information content (AvgIpc) is 2.57. The fourth-order valence-corrected chi connectivity index (χ4v) is 3.70. The van der Waals surface area contributed by atoms with Gasteiger partial charge in [-0.3, -0.25) is 0 Å². The molecule has 0 spiro atoms. The lowest BCUT2D eigenvalue weighted by molar-refractivity contribution is -0.153. The molecule has 2 heteroatoms. The summed E-state index contributed by atoms with van der Waals surface area (Å²) in [5.41, 5.74) is 1.50. The molecule has 2 unspecified atom stereocenters. The normalized spacial score (nSPS) is 33.5. The first-order valence-electron chi connectivity index (χ1n) is 8.26. The molecule has 1 aliphatic heterocycles. The smallest absolute Gasteiger partial charge is 0.0844 e. The van der Waals surface area contributed by atoms with Crippen LogP contribution in [0, 0.1) is 5.92 Å². The van der Waals surface area contributed by atoms with E-state index in [1.807, 2.05) is 6.08 Å². The van der Waals surface area contributed by atoms with Crippen LogP contribution in [0.15, 0.2) is 43.0 Å². The molecule has 2 fully saturated rings. The van der Waals surface area contributed by atoms with Gasteiger partial charge in [0.05, 0.1) is 25.4 Å². The van der Waals surface area contributed by atoms with E-state index < -0.39 is 0 Å². The predicted octanol–water partition coefficient (Wildman–Crippen LogP) is 4.32. The van der Waals surface area contributed by atoms with Crippen LogP contribution in [-0.4, -0.2) is 25.4 Å². The van der Waals surface area contributed by atoms with Crippen molar-refractivity contribution < 1.29 is 9.47 Å². The summed E-state index contributed by atoms with van der Waals surface area (Å²) in [6.45, 7) is 5.26. The minimum Gasteiger partial charge on any atom is -0.373 e. The van der Waals surface area contributed by atoms with Crippen molar-refractivity contribution >= 4 is 0 Å². The molecule has 0 aromatic heterocycles. The van der Waals surface area contributed by atoms with Gasteiger partial charge in [0.15, 0.2) is 0 Å². The van der Waals surface area contributed by atoms with Crippen molar-refractivity contribution in [2.45, 2.75) is 50.2 Å². The summed E-state index contributed by atoms with van der Waals surface area (Å²) in [7, 11) is 0. The molecule has 3 rings (SSSR count). The second kappa shape index (κ2) is 7.24. The molecule has 1 aliphatic carbocycles. The van der Waals surface area contributed by atoms with Crippen molar-refractivity contribution in [2.75, 3.05) is 13.2 Å². The van der Waals surface area contributed by atoms with Crippen molar-refractivity contribution in [3.63, 3.8) is 0 Å². The molecule has 2 atom stereocenters. The maximum Gasteiger partial charge on any atom is 0.0844 e. The highest BCUT2D eigenvalue weighted by atomic mass is 16.6. The largest absolute Gasteiger partial charge is 0.373 e. The summed E-state index contributed by atoms with van der Waals surface area (Å²) < 4.78 is 12.0. The molecule has 1 saturated carbocycles. The first-order chi connectivity index (χ1) is 10.4. The maximum absolute atomic E-state index is 6.05. The van der Waals surface area contributed by atoms with Crippen LogP contribution in [0.2, 0.25) is 0 Å². The van der Waals surface area contributed by atoms with Gasteiger partial charge in [-0.05, 0) is 49.5 Å². The molecule has 0 bridgehead atoms. The highest BCUT2D eigenvalue weighted by Gasteiger charge is 2.32. The van der Waals surface area contributed by atoms with Gasteiger partial charge in [-0.1, -0.05) is 36.4 Å². The van der Waals surface area contributed by atoms with Crippen LogP contribution in [-0.2, 0) is 9.47 Å². The lowest BCUT2D eigenvalue weighted by Crippen LogP contribution is -2.40. The van der Waals surface area contributed by atoms with Gasteiger partial charge in [-0.25, -0.2) is 0 Å². The summed E-state index contributed by atoms with van der Waals surface area (Å²) in [6.07, 6.45) is 8.43. The Bertz CT molecular complexity index is 426. The molecule has 114 valence electrons. The Hall–Kier alpha value is -1.12. The van der Waals surface area contributed by atoms with E-state index in [1.54, 1.807) is 0 Å². The fraction of sp³-hybridized carbons (Fsp3) is 0.579. The zero-order valence-electron chi connectivity index (χ0n) is 12.7. The third kappa shape index (κ3) is 3.75. The molecule has 21 heavy (non-hydrogen) atoms. The van der Waals surface area contributed by atoms with Crippen LogP contribution < -0.4 is 0 Å². The van der Waals surface area contributed by atoms with Gasteiger partial charge in [0.25, 0.3) is 0 Å². The number of hydrogen-bond donors (Lipinski definition) is 0. The Labute approximate surface area is 128 Å². The fourth-order valence-electron chi connectivity index (χ4n) is 3.70. The molecule has 1 heterocycles. The molecule has 0 amide bonds. The molecule has 2 aliphatic rings. The van der Waals surface area contributed by atoms with Crippen LogP contribution in [0.3, 0.4) is 0 Å². The van der Waals surface area contributed by atoms with E-state index in [9.17, 15) is 0 Å². The lowest BCUT2D eigenvalue weighted by Gasteiger charge is -2.37. The maximum atomic E-state index is 6.05. The molecule has 2 nitrogen and oxygen atoms in total. The monoisotopic (exact) mass is 286 g/mol. The first-order valence-corrected chi connectivity index (χ1v) is 8.26. The van der Waals surface area contributed by atoms with Gasteiger partial charge in [0.2, 0.25) is 0 Å². The predicted molar refractivity (Wildman–Crippen MR) is 85.4 cm³/mol. The van der Waals surface area contributed by atoms with Crippen molar-refractivity contribution in [3.8, 4) is 0 Å². The SMILES string of the molecule is C=CCC1COC(C2CCC(c3ccccc3)CC2)CO1. The minimum absolute atomic E-state index is 0.222. The summed E-state index contributed by atoms with van der Waals surface area (Å²) in [4.78, 5) is 0. The van der Waals surface area contributed by atoms with Crippen molar-refractivity contribution in [3.05, 3.63) is 48.6 Å². The Morgan fingerprint density at radius 1 is 1.00 bits per heavy atom. The average molecular weight is 286 g/mol. The number of benzene rings is 1. The van der Waals surface area contributed by atoms with Crippen LogP contribution >= 0.6 is 0 Å². The Kier molecular flexibility index (Phi) is 5.10. The van der Waals surface area contributed by atoms with E-state index in [1.165, 1.54) is 31.2 Å². The third-order valence-corrected chi connectivity index (χ3v) is 4.99. The highest BCUT2D eigenvalue weighted by Crippen LogP contribution is 2.38. The second-order valence-electron chi connectivity index (χ2n) is 6.37. The first kappa shape index (κ1) is 14.8. The van der Waals surface area contributed by atoms with E-state index in [0.29, 0.717) is 12.0 Å². The summed E-state index contributed by atoms with van der Waals surface area (Å²) in [5.74, 6) is 1.41. The third-order valence-electron chi connectivity index (χ3n) is 4.99. The molecule has 1 aromatic carbocycles. The van der Waals surface area contributed by atoms with Gasteiger partial charge in [0.1, 0.15) is 0 Å². The van der Waals surface area contributed by atoms with Gasteiger partial charge < -0.3 is 9.47 Å². The van der Waals surface area contributed by atoms with Crippen LogP contribution in [0.25, 0.3) is 0 Å². The zero-order valence-corrected chi connectivity index (χ0v) is 12.7. The van der Waals surface area contributed by atoms with Crippen molar-refractivity contribution in [2.24, 2.45) is 5.92 Å². The quantitative estimate of drug-likeness (QED) is 0.767. The van der Waals surface area contributed by atoms with E-state index >= 15 is 0 Å². The molecule has 0 N–H and O–H groups in total. The van der Waals surface area contributed by atoms with E-state index in [4.69, 9.17) is 9.47 Å². The van der Waals surface area contributed by atoms with E-state index in [-0.39, 0.29) is 6.10 Å². The molecular formula is C19H26O2. The standard InChI is InChI=1S/C19H26O2/c1-2-6-18-13-21-19(14-20-18)17-11-9-16(10-12-17)15-7-4-3-5-8-15/h2-5,7-8,16-19H,1,6,9-14H2. The van der Waals surface area contributed by atoms with Crippen LogP contribution in [0.1, 0.15) is 43.6 Å². The molecule has 1 aromatic rings. The van der Waals surface area contributed by atoms with Gasteiger partial charge in [0, 0.05) is 0 Å². The Balaban J connectivity index is 1.47. The number of ether oxygens (including phenoxy) is 2. The van der Waals surface area contributed by atoms with Crippen molar-refractivity contribution in [1.82, 2.24) is 0 Å². The molecule has 1 saturated heterocycles. The molecular weight excluding hydrogens is 260 g/mol. The van der Waals surface area contributed by atoms with Crippen molar-refractivity contribution in [1.29, 1.82) is 0 Å². The molecule has 0 radical (unpaired) electrons. The number of hydrogen-bond acceptors (Lipinski definition) is 2. The van der Waals surface area contributed by atoms with Gasteiger partial charge in [-0.15, -0.1) is 6.58 Å². The second-order valence-corrected chi connectivity index (χ2v) is 6.37.